The number of ether oxygens (including phenoxy) is 3. The fourth-order valence-corrected chi connectivity index (χ4v) is 4.12. The average Bonchev–Trinajstić information content (AvgIpc) is 2.79. The Morgan fingerprint density at radius 2 is 1.86 bits per heavy atom. The van der Waals surface area contributed by atoms with Gasteiger partial charge in [-0.05, 0) is 52.2 Å². The highest BCUT2D eigenvalue weighted by atomic mass is 35.5. The minimum absolute atomic E-state index is 0.0111. The van der Waals surface area contributed by atoms with Gasteiger partial charge in [0.15, 0.2) is 11.0 Å². The largest absolute Gasteiger partial charge is 0.474 e. The summed E-state index contributed by atoms with van der Waals surface area (Å²) in [4.78, 5) is 45.7. The number of hydrogen-bond acceptors (Lipinski definition) is 7. The molecule has 11 heteroatoms. The Kier molecular flexibility index (Phi) is 9.71. The number of aromatic nitrogens is 2. The van der Waals surface area contributed by atoms with Crippen LogP contribution in [-0.2, 0) is 14.3 Å². The number of esters is 1. The molecule has 2 aromatic heterocycles. The lowest BCUT2D eigenvalue weighted by Gasteiger charge is -2.34. The van der Waals surface area contributed by atoms with Crippen LogP contribution < -0.4 is 10.3 Å². The highest BCUT2D eigenvalue weighted by molar-refractivity contribution is 6.30. The minimum atomic E-state index is -0.835. The van der Waals surface area contributed by atoms with Crippen LogP contribution in [0.2, 0.25) is 5.15 Å². The number of nitrogens with zero attached hydrogens (tertiary/aromatic N) is 2. The predicted octanol–water partition coefficient (Wildman–Crippen LogP) is 5.12. The third kappa shape index (κ3) is 7.21. The van der Waals surface area contributed by atoms with Gasteiger partial charge in [0, 0.05) is 23.5 Å². The quantitative estimate of drug-likeness (QED) is 0.348. The van der Waals surface area contributed by atoms with Crippen molar-refractivity contribution in [1.82, 2.24) is 14.9 Å². The Morgan fingerprint density at radius 1 is 1.24 bits per heavy atom. The molecular formula is C26H35ClFN3O6. The van der Waals surface area contributed by atoms with Gasteiger partial charge in [-0.3, -0.25) is 14.5 Å². The number of H-pyrrole nitrogens is 1. The molecule has 0 fully saturated rings. The van der Waals surface area contributed by atoms with Gasteiger partial charge in [0.05, 0.1) is 7.11 Å². The molecule has 0 aliphatic carbocycles. The van der Waals surface area contributed by atoms with E-state index in [-0.39, 0.29) is 41.6 Å². The van der Waals surface area contributed by atoms with Crippen molar-refractivity contribution in [2.45, 2.75) is 60.2 Å². The maximum Gasteiger partial charge on any atom is 0.410 e. The van der Waals surface area contributed by atoms with E-state index in [1.165, 1.54) is 18.1 Å². The average molecular weight is 540 g/mol. The first-order chi connectivity index (χ1) is 17.1. The van der Waals surface area contributed by atoms with E-state index in [0.717, 1.165) is 0 Å². The monoisotopic (exact) mass is 539 g/mol. The number of carbonyl (C=O) groups is 2. The van der Waals surface area contributed by atoms with E-state index in [4.69, 9.17) is 25.8 Å². The van der Waals surface area contributed by atoms with Crippen molar-refractivity contribution >= 4 is 40.5 Å². The number of fused-ring (bicyclic) bond motifs is 1. The molecule has 0 saturated carbocycles. The van der Waals surface area contributed by atoms with Crippen molar-refractivity contribution in [3.63, 3.8) is 0 Å². The molecule has 9 nitrogen and oxygen atoms in total. The van der Waals surface area contributed by atoms with Crippen LogP contribution in [0.4, 0.5) is 9.18 Å². The van der Waals surface area contributed by atoms with Crippen LogP contribution in [-0.4, -0.2) is 58.8 Å². The molecule has 2 heterocycles. The molecule has 0 aliphatic rings. The summed E-state index contributed by atoms with van der Waals surface area (Å²) in [6.07, 6.45) is 0.0841. The smallest absolute Gasteiger partial charge is 0.410 e. The molecule has 37 heavy (non-hydrogen) atoms. The van der Waals surface area contributed by atoms with E-state index in [1.807, 2.05) is 13.8 Å². The highest BCUT2D eigenvalue weighted by Crippen LogP contribution is 2.33. The number of pyridine rings is 2. The Hall–Kier alpha value is -3.14. The van der Waals surface area contributed by atoms with Crippen molar-refractivity contribution in [3.8, 4) is 5.88 Å². The number of carbonyl (C=O) groups excluding carboxylic acids is 2. The van der Waals surface area contributed by atoms with Gasteiger partial charge in [0.2, 0.25) is 5.88 Å². The number of aryl methyl sites for hydroxylation is 1. The molecule has 0 saturated heterocycles. The molecule has 2 aromatic rings. The fraction of sp³-hybridized carbons (Fsp3) is 0.538. The molecule has 2 atom stereocenters. The molecular weight excluding hydrogens is 505 g/mol. The standard InChI is InChI=1S/C26H35ClFN3O6/c1-10-17-14(4)19-20(23(33)29-17)24(30-22(27)21(19)28)36-15(5)16(13(2)3)11-31(12-18(32)35-9)25(34)37-26(6,7)8/h10,13,15-16H,1,11-12H2,2-9H3,(H,29,33)/t15-,16?/m0/s1. The maximum absolute atomic E-state index is 15.0. The number of nitrogens with one attached hydrogen (secondary N) is 1. The van der Waals surface area contributed by atoms with Crippen molar-refractivity contribution in [1.29, 1.82) is 0 Å². The number of aromatic amines is 1. The first-order valence-electron chi connectivity index (χ1n) is 11.9. The Balaban J connectivity index is 2.50. The number of methoxy groups -OCH3 is 1. The molecule has 204 valence electrons. The summed E-state index contributed by atoms with van der Waals surface area (Å²) in [5.74, 6) is -1.99. The lowest BCUT2D eigenvalue weighted by Crippen LogP contribution is -2.46. The molecule has 0 radical (unpaired) electrons. The van der Waals surface area contributed by atoms with E-state index in [0.29, 0.717) is 11.3 Å². The zero-order valence-corrected chi connectivity index (χ0v) is 23.3. The second-order valence-electron chi connectivity index (χ2n) is 10.1. The van der Waals surface area contributed by atoms with Crippen LogP contribution in [0.1, 0.15) is 52.8 Å². The second kappa shape index (κ2) is 11.9. The van der Waals surface area contributed by atoms with E-state index >= 15 is 0 Å². The molecule has 1 unspecified atom stereocenters. The van der Waals surface area contributed by atoms with Crippen LogP contribution in [0.5, 0.6) is 5.88 Å². The van der Waals surface area contributed by atoms with Crippen LogP contribution in [0, 0.1) is 24.6 Å². The number of halogens is 2. The van der Waals surface area contributed by atoms with Gasteiger partial charge >= 0.3 is 12.1 Å². The Bertz CT molecular complexity index is 1240. The van der Waals surface area contributed by atoms with Crippen LogP contribution >= 0.6 is 11.6 Å². The van der Waals surface area contributed by atoms with Gasteiger partial charge < -0.3 is 19.2 Å². The normalized spacial score (nSPS) is 13.3. The molecule has 0 aliphatic heterocycles. The van der Waals surface area contributed by atoms with Gasteiger partial charge in [-0.15, -0.1) is 0 Å². The van der Waals surface area contributed by atoms with Crippen molar-refractivity contribution in [2.24, 2.45) is 11.8 Å². The van der Waals surface area contributed by atoms with Crippen molar-refractivity contribution < 1.29 is 28.2 Å². The summed E-state index contributed by atoms with van der Waals surface area (Å²) >= 11 is 6.07. The topological polar surface area (TPSA) is 111 Å². The van der Waals surface area contributed by atoms with Crippen molar-refractivity contribution in [3.05, 3.63) is 39.2 Å². The molecule has 1 N–H and O–H groups in total. The Morgan fingerprint density at radius 3 is 2.38 bits per heavy atom. The van der Waals surface area contributed by atoms with Gasteiger partial charge in [-0.2, -0.15) is 4.98 Å². The fourth-order valence-electron chi connectivity index (χ4n) is 3.95. The third-order valence-electron chi connectivity index (χ3n) is 5.91. The summed E-state index contributed by atoms with van der Waals surface area (Å²) in [6, 6.07) is 0. The summed E-state index contributed by atoms with van der Waals surface area (Å²) in [6.45, 7) is 15.8. The SMILES string of the molecule is C=Cc1[nH]c(=O)c2c(O[C@@H](C)C(CN(CC(=O)OC)C(=O)OC(C)(C)C)C(C)C)nc(Cl)c(F)c2c1C. The van der Waals surface area contributed by atoms with Crippen LogP contribution in [0.25, 0.3) is 16.8 Å². The number of amides is 1. The lowest BCUT2D eigenvalue weighted by molar-refractivity contribution is -0.142. The molecule has 2 rings (SSSR count). The summed E-state index contributed by atoms with van der Waals surface area (Å²) in [5, 5.41) is -0.540. The molecule has 0 bridgehead atoms. The maximum atomic E-state index is 15.0. The van der Waals surface area contributed by atoms with Crippen LogP contribution in [0.15, 0.2) is 11.4 Å². The highest BCUT2D eigenvalue weighted by Gasteiger charge is 2.32. The molecule has 1 amide bonds. The molecule has 0 spiro atoms. The van der Waals surface area contributed by atoms with Crippen LogP contribution in [0.3, 0.4) is 0 Å². The first kappa shape index (κ1) is 30.1. The van der Waals surface area contributed by atoms with Crippen molar-refractivity contribution in [2.75, 3.05) is 20.2 Å². The van der Waals surface area contributed by atoms with Gasteiger partial charge in [0.25, 0.3) is 5.56 Å². The van der Waals surface area contributed by atoms with E-state index in [9.17, 15) is 18.8 Å². The Labute approximate surface area is 220 Å². The predicted molar refractivity (Wildman–Crippen MR) is 140 cm³/mol. The number of rotatable bonds is 9. The van der Waals surface area contributed by atoms with E-state index < -0.39 is 40.3 Å². The summed E-state index contributed by atoms with van der Waals surface area (Å²) < 4.78 is 31.3. The zero-order valence-electron chi connectivity index (χ0n) is 22.5. The lowest BCUT2D eigenvalue weighted by atomic mass is 9.90. The van der Waals surface area contributed by atoms with E-state index in [1.54, 1.807) is 34.6 Å². The summed E-state index contributed by atoms with van der Waals surface area (Å²) in [5.41, 5.74) is -0.604. The minimum Gasteiger partial charge on any atom is -0.474 e. The summed E-state index contributed by atoms with van der Waals surface area (Å²) in [7, 11) is 1.23. The zero-order chi connectivity index (χ0) is 28.2. The third-order valence-corrected chi connectivity index (χ3v) is 6.16. The van der Waals surface area contributed by atoms with E-state index in [2.05, 4.69) is 16.5 Å². The second-order valence-corrected chi connectivity index (χ2v) is 10.5. The number of hydrogen-bond donors (Lipinski definition) is 1. The first-order valence-corrected chi connectivity index (χ1v) is 12.2. The van der Waals surface area contributed by atoms with Gasteiger partial charge in [0.1, 0.15) is 23.6 Å². The van der Waals surface area contributed by atoms with Gasteiger partial charge in [-0.25, -0.2) is 9.18 Å². The van der Waals surface area contributed by atoms with Gasteiger partial charge in [-0.1, -0.05) is 32.0 Å². The molecule has 0 aromatic carbocycles.